The standard InChI is InChI=1S/C10H20N2O3/c1-7(8(13)14)12-9(15)11-6-5-10(2,3)4/h7H,5-6H2,1-4H3,(H,13,14)(H2,11,12,15)/t7-/m1/s1. The number of hydrogen-bond donors (Lipinski definition) is 3. The van der Waals surface area contributed by atoms with Crippen LogP contribution in [0.25, 0.3) is 0 Å². The molecule has 0 fully saturated rings. The van der Waals surface area contributed by atoms with Crippen LogP contribution in [-0.2, 0) is 4.79 Å². The van der Waals surface area contributed by atoms with Crippen molar-refractivity contribution in [2.75, 3.05) is 6.54 Å². The Morgan fingerprint density at radius 2 is 1.87 bits per heavy atom. The second kappa shape index (κ2) is 5.58. The number of carbonyl (C=O) groups is 2. The maximum Gasteiger partial charge on any atom is 0.325 e. The molecular weight excluding hydrogens is 196 g/mol. The van der Waals surface area contributed by atoms with Gasteiger partial charge in [-0.05, 0) is 18.8 Å². The Morgan fingerprint density at radius 1 is 1.33 bits per heavy atom. The average Bonchev–Trinajstić information content (AvgIpc) is 2.01. The smallest absolute Gasteiger partial charge is 0.325 e. The number of carbonyl (C=O) groups excluding carboxylic acids is 1. The molecule has 0 heterocycles. The first kappa shape index (κ1) is 13.7. The van der Waals surface area contributed by atoms with Crippen LogP contribution in [0.2, 0.25) is 0 Å². The van der Waals surface area contributed by atoms with Crippen LogP contribution in [0.3, 0.4) is 0 Å². The molecule has 15 heavy (non-hydrogen) atoms. The fourth-order valence-electron chi connectivity index (χ4n) is 0.860. The van der Waals surface area contributed by atoms with Gasteiger partial charge >= 0.3 is 12.0 Å². The number of carboxylic acids is 1. The van der Waals surface area contributed by atoms with Gasteiger partial charge in [-0.2, -0.15) is 0 Å². The SMILES string of the molecule is C[C@@H](NC(=O)NCCC(C)(C)C)C(=O)O. The number of carboxylic acid groups (broad SMARTS) is 1. The molecule has 0 aromatic rings. The monoisotopic (exact) mass is 216 g/mol. The zero-order valence-corrected chi connectivity index (χ0v) is 9.76. The van der Waals surface area contributed by atoms with Crippen LogP contribution in [-0.4, -0.2) is 29.7 Å². The third kappa shape index (κ3) is 7.78. The third-order valence-electron chi connectivity index (χ3n) is 1.88. The Bertz CT molecular complexity index is 233. The van der Waals surface area contributed by atoms with Crippen LogP contribution >= 0.6 is 0 Å². The van der Waals surface area contributed by atoms with E-state index < -0.39 is 18.0 Å². The summed E-state index contributed by atoms with van der Waals surface area (Å²) in [4.78, 5) is 21.6. The summed E-state index contributed by atoms with van der Waals surface area (Å²) in [5.41, 5.74) is 0.158. The highest BCUT2D eigenvalue weighted by Gasteiger charge is 2.14. The van der Waals surface area contributed by atoms with Crippen molar-refractivity contribution in [3.8, 4) is 0 Å². The molecule has 0 radical (unpaired) electrons. The van der Waals surface area contributed by atoms with Gasteiger partial charge in [0.1, 0.15) is 6.04 Å². The van der Waals surface area contributed by atoms with Crippen molar-refractivity contribution in [1.29, 1.82) is 0 Å². The van der Waals surface area contributed by atoms with Gasteiger partial charge < -0.3 is 15.7 Å². The highest BCUT2D eigenvalue weighted by molar-refractivity contribution is 5.82. The molecule has 5 heteroatoms. The predicted molar refractivity (Wildman–Crippen MR) is 57.7 cm³/mol. The third-order valence-corrected chi connectivity index (χ3v) is 1.88. The summed E-state index contributed by atoms with van der Waals surface area (Å²) in [6.07, 6.45) is 0.849. The Kier molecular flexibility index (Phi) is 5.11. The molecule has 0 aliphatic rings. The van der Waals surface area contributed by atoms with Gasteiger partial charge in [-0.3, -0.25) is 4.79 Å². The lowest BCUT2D eigenvalue weighted by molar-refractivity contribution is -0.138. The zero-order chi connectivity index (χ0) is 12.1. The summed E-state index contributed by atoms with van der Waals surface area (Å²) >= 11 is 0. The van der Waals surface area contributed by atoms with Crippen LogP contribution in [0.1, 0.15) is 34.1 Å². The molecule has 0 aliphatic heterocycles. The average molecular weight is 216 g/mol. The molecule has 0 rings (SSSR count). The molecular formula is C10H20N2O3. The first-order valence-corrected chi connectivity index (χ1v) is 4.99. The zero-order valence-electron chi connectivity index (χ0n) is 9.76. The minimum atomic E-state index is -1.04. The number of urea groups is 1. The van der Waals surface area contributed by atoms with Crippen LogP contribution in [0.15, 0.2) is 0 Å². The van der Waals surface area contributed by atoms with Gasteiger partial charge in [-0.25, -0.2) is 4.79 Å². The molecule has 0 aromatic carbocycles. The van der Waals surface area contributed by atoms with Crippen LogP contribution in [0, 0.1) is 5.41 Å². The number of aliphatic carboxylic acids is 1. The van der Waals surface area contributed by atoms with Gasteiger partial charge in [0.05, 0.1) is 0 Å². The van der Waals surface area contributed by atoms with Crippen molar-refractivity contribution < 1.29 is 14.7 Å². The van der Waals surface area contributed by atoms with E-state index in [0.29, 0.717) is 6.54 Å². The van der Waals surface area contributed by atoms with Gasteiger partial charge in [-0.15, -0.1) is 0 Å². The van der Waals surface area contributed by atoms with Crippen LogP contribution in [0.4, 0.5) is 4.79 Å². The molecule has 0 unspecified atom stereocenters. The summed E-state index contributed by atoms with van der Waals surface area (Å²) in [7, 11) is 0. The van der Waals surface area contributed by atoms with E-state index in [1.807, 2.05) is 0 Å². The molecule has 0 aromatic heterocycles. The minimum Gasteiger partial charge on any atom is -0.480 e. The summed E-state index contributed by atoms with van der Waals surface area (Å²) < 4.78 is 0. The number of nitrogens with one attached hydrogen (secondary N) is 2. The maximum atomic E-state index is 11.2. The van der Waals surface area contributed by atoms with Gasteiger partial charge in [-0.1, -0.05) is 20.8 Å². The van der Waals surface area contributed by atoms with Crippen molar-refractivity contribution in [1.82, 2.24) is 10.6 Å². The van der Waals surface area contributed by atoms with Crippen molar-refractivity contribution >= 4 is 12.0 Å². The summed E-state index contributed by atoms with van der Waals surface area (Å²) in [6, 6.07) is -1.30. The Morgan fingerprint density at radius 3 is 2.27 bits per heavy atom. The van der Waals surface area contributed by atoms with E-state index in [1.165, 1.54) is 6.92 Å². The lowest BCUT2D eigenvalue weighted by atomic mass is 9.92. The molecule has 2 amide bonds. The van der Waals surface area contributed by atoms with E-state index in [9.17, 15) is 9.59 Å². The topological polar surface area (TPSA) is 78.4 Å². The molecule has 0 spiro atoms. The van der Waals surface area contributed by atoms with E-state index >= 15 is 0 Å². The normalized spacial score (nSPS) is 13.1. The minimum absolute atomic E-state index is 0.158. The lowest BCUT2D eigenvalue weighted by Crippen LogP contribution is -2.44. The second-order valence-electron chi connectivity index (χ2n) is 4.77. The fraction of sp³-hybridized carbons (Fsp3) is 0.800. The summed E-state index contributed by atoms with van der Waals surface area (Å²) in [5, 5.41) is 13.5. The maximum absolute atomic E-state index is 11.2. The number of rotatable bonds is 4. The number of amides is 2. The van der Waals surface area contributed by atoms with Crippen molar-refractivity contribution in [2.45, 2.75) is 40.2 Å². The van der Waals surface area contributed by atoms with E-state index in [-0.39, 0.29) is 5.41 Å². The molecule has 0 bridgehead atoms. The quantitative estimate of drug-likeness (QED) is 0.660. The molecule has 5 nitrogen and oxygen atoms in total. The molecule has 0 saturated heterocycles. The van der Waals surface area contributed by atoms with Gasteiger partial charge in [0, 0.05) is 6.54 Å². The first-order chi connectivity index (χ1) is 6.72. The summed E-state index contributed by atoms with van der Waals surface area (Å²) in [6.45, 7) is 8.19. The predicted octanol–water partition coefficient (Wildman–Crippen LogP) is 1.19. The van der Waals surface area contributed by atoms with Gasteiger partial charge in [0.25, 0.3) is 0 Å². The fourth-order valence-corrected chi connectivity index (χ4v) is 0.860. The Hall–Kier alpha value is -1.26. The van der Waals surface area contributed by atoms with Crippen LogP contribution < -0.4 is 10.6 Å². The van der Waals surface area contributed by atoms with Gasteiger partial charge in [0.2, 0.25) is 0 Å². The second-order valence-corrected chi connectivity index (χ2v) is 4.77. The lowest BCUT2D eigenvalue weighted by Gasteiger charge is -2.18. The highest BCUT2D eigenvalue weighted by Crippen LogP contribution is 2.16. The van der Waals surface area contributed by atoms with E-state index in [1.54, 1.807) is 0 Å². The van der Waals surface area contributed by atoms with E-state index in [4.69, 9.17) is 5.11 Å². The van der Waals surface area contributed by atoms with Crippen molar-refractivity contribution in [2.24, 2.45) is 5.41 Å². The van der Waals surface area contributed by atoms with Crippen molar-refractivity contribution in [3.05, 3.63) is 0 Å². The Labute approximate surface area is 90.2 Å². The summed E-state index contributed by atoms with van der Waals surface area (Å²) in [5.74, 6) is -1.04. The number of hydrogen-bond acceptors (Lipinski definition) is 2. The molecule has 88 valence electrons. The van der Waals surface area contributed by atoms with E-state index in [0.717, 1.165) is 6.42 Å². The van der Waals surface area contributed by atoms with Gasteiger partial charge in [0.15, 0.2) is 0 Å². The highest BCUT2D eigenvalue weighted by atomic mass is 16.4. The van der Waals surface area contributed by atoms with Crippen molar-refractivity contribution in [3.63, 3.8) is 0 Å². The van der Waals surface area contributed by atoms with Crippen LogP contribution in [0.5, 0.6) is 0 Å². The molecule has 0 saturated carbocycles. The largest absolute Gasteiger partial charge is 0.480 e. The van der Waals surface area contributed by atoms with E-state index in [2.05, 4.69) is 31.4 Å². The molecule has 3 N–H and O–H groups in total. The molecule has 0 aliphatic carbocycles. The molecule has 1 atom stereocenters. The first-order valence-electron chi connectivity index (χ1n) is 4.99. The Balaban J connectivity index is 3.72.